The van der Waals surface area contributed by atoms with Gasteiger partial charge in [-0.2, -0.15) is 0 Å². The summed E-state index contributed by atoms with van der Waals surface area (Å²) in [6, 6.07) is 7.81. The molecule has 1 spiro atoms. The van der Waals surface area contributed by atoms with Crippen molar-refractivity contribution < 1.29 is 24.2 Å². The van der Waals surface area contributed by atoms with Gasteiger partial charge in [0.1, 0.15) is 11.6 Å². The van der Waals surface area contributed by atoms with Crippen molar-refractivity contribution in [2.24, 2.45) is 17.8 Å². The fourth-order valence-electron chi connectivity index (χ4n) is 6.33. The van der Waals surface area contributed by atoms with Crippen LogP contribution < -0.4 is 10.6 Å². The molecule has 3 saturated heterocycles. The third kappa shape index (κ3) is 4.70. The van der Waals surface area contributed by atoms with Gasteiger partial charge >= 0.3 is 0 Å². The van der Waals surface area contributed by atoms with Crippen molar-refractivity contribution in [1.29, 1.82) is 0 Å². The molecule has 35 heavy (non-hydrogen) atoms. The number of unbranched alkanes of at least 4 members (excludes halogenated alkanes) is 2. The highest BCUT2D eigenvalue weighted by Crippen LogP contribution is 2.59. The Labute approximate surface area is 207 Å². The number of nitrogens with zero attached hydrogens (tertiary/aromatic N) is 1. The smallest absolute Gasteiger partial charge is 0.245 e. The molecule has 192 valence electrons. The fourth-order valence-corrected chi connectivity index (χ4v) is 6.33. The van der Waals surface area contributed by atoms with Crippen LogP contribution in [0.3, 0.4) is 0 Å². The van der Waals surface area contributed by atoms with Gasteiger partial charge < -0.3 is 25.4 Å². The van der Waals surface area contributed by atoms with Crippen LogP contribution >= 0.6 is 0 Å². The first-order valence-corrected chi connectivity index (χ1v) is 13.1. The highest BCUT2D eigenvalue weighted by atomic mass is 16.5. The Morgan fingerprint density at radius 1 is 1.20 bits per heavy atom. The van der Waals surface area contributed by atoms with Gasteiger partial charge in [0, 0.05) is 12.2 Å². The average molecular weight is 486 g/mol. The Bertz CT molecular complexity index is 923. The number of benzene rings is 1. The van der Waals surface area contributed by atoms with Crippen LogP contribution in [0.5, 0.6) is 0 Å². The van der Waals surface area contributed by atoms with Crippen molar-refractivity contribution in [1.82, 2.24) is 10.2 Å². The number of likely N-dealkylation sites (tertiary alicyclic amines) is 1. The zero-order chi connectivity index (χ0) is 25.2. The predicted octanol–water partition coefficient (Wildman–Crippen LogP) is 2.71. The standard InChI is InChI=1S/C27H39N3O5/c1-4-5-9-14-28-25(33)23-27-13-12-20(35-27)21(24(32)29-18-10-7-6-8-11-18)22(27)26(34)30(23)19(16-31)15-17(2)3/h6-8,10-11,17,19-23,31H,4-5,9,12-16H2,1-3H3,(H,28,33)(H,29,32)/t19-,20+,21-,22+,23?,27?/m1/s1. The van der Waals surface area contributed by atoms with E-state index in [-0.39, 0.29) is 30.2 Å². The van der Waals surface area contributed by atoms with Gasteiger partial charge in [-0.25, -0.2) is 0 Å². The Kier molecular flexibility index (Phi) is 7.81. The third-order valence-corrected chi connectivity index (χ3v) is 7.76. The van der Waals surface area contributed by atoms with E-state index >= 15 is 0 Å². The summed E-state index contributed by atoms with van der Waals surface area (Å²) in [6.45, 7) is 6.45. The Balaban J connectivity index is 1.65. The lowest BCUT2D eigenvalue weighted by Crippen LogP contribution is -2.58. The summed E-state index contributed by atoms with van der Waals surface area (Å²) in [5.74, 6) is -1.94. The number of hydrogen-bond acceptors (Lipinski definition) is 5. The van der Waals surface area contributed by atoms with Crippen LogP contribution in [0.2, 0.25) is 0 Å². The second kappa shape index (κ2) is 10.7. The molecule has 8 heteroatoms. The van der Waals surface area contributed by atoms with Gasteiger partial charge in [-0.15, -0.1) is 0 Å². The molecule has 2 bridgehead atoms. The molecule has 2 unspecified atom stereocenters. The second-order valence-corrected chi connectivity index (χ2v) is 10.6. The normalized spacial score (nSPS) is 30.0. The number of para-hydroxylation sites is 1. The number of nitrogens with one attached hydrogen (secondary N) is 2. The molecule has 3 amide bonds. The van der Waals surface area contributed by atoms with E-state index < -0.39 is 35.6 Å². The van der Waals surface area contributed by atoms with Crippen LogP contribution in [-0.2, 0) is 19.1 Å². The predicted molar refractivity (Wildman–Crippen MR) is 132 cm³/mol. The number of anilines is 1. The van der Waals surface area contributed by atoms with Crippen molar-refractivity contribution in [3.05, 3.63) is 30.3 Å². The van der Waals surface area contributed by atoms with Crippen molar-refractivity contribution in [2.75, 3.05) is 18.5 Å². The first-order chi connectivity index (χ1) is 16.8. The van der Waals surface area contributed by atoms with E-state index in [1.807, 2.05) is 44.2 Å². The third-order valence-electron chi connectivity index (χ3n) is 7.76. The lowest BCUT2D eigenvalue weighted by molar-refractivity contribution is -0.145. The van der Waals surface area contributed by atoms with Gasteiger partial charge in [0.15, 0.2) is 0 Å². The SMILES string of the molecule is CCCCCNC(=O)C1N([C@@H](CO)CC(C)C)C(=O)[C@@H]2[C@H](C(=O)Nc3ccccc3)[C@@H]3CCC12O3. The summed E-state index contributed by atoms with van der Waals surface area (Å²) in [6.07, 6.45) is 4.25. The lowest BCUT2D eigenvalue weighted by atomic mass is 9.70. The molecule has 0 aromatic heterocycles. The van der Waals surface area contributed by atoms with E-state index in [0.29, 0.717) is 31.5 Å². The van der Waals surface area contributed by atoms with Gasteiger partial charge in [0.2, 0.25) is 17.7 Å². The zero-order valence-electron chi connectivity index (χ0n) is 21.0. The van der Waals surface area contributed by atoms with Crippen molar-refractivity contribution in [2.45, 2.75) is 83.1 Å². The molecule has 6 atom stereocenters. The molecule has 3 heterocycles. The van der Waals surface area contributed by atoms with Gasteiger partial charge in [0.05, 0.1) is 30.6 Å². The molecule has 1 aromatic carbocycles. The highest BCUT2D eigenvalue weighted by Gasteiger charge is 2.75. The molecular weight excluding hydrogens is 446 g/mol. The summed E-state index contributed by atoms with van der Waals surface area (Å²) >= 11 is 0. The minimum atomic E-state index is -1.04. The molecule has 3 aliphatic heterocycles. The zero-order valence-corrected chi connectivity index (χ0v) is 21.0. The number of amides is 3. The molecule has 8 nitrogen and oxygen atoms in total. The van der Waals surface area contributed by atoms with E-state index in [9.17, 15) is 19.5 Å². The van der Waals surface area contributed by atoms with E-state index in [1.165, 1.54) is 0 Å². The van der Waals surface area contributed by atoms with Crippen LogP contribution in [-0.4, -0.2) is 64.7 Å². The molecule has 4 rings (SSSR count). The summed E-state index contributed by atoms with van der Waals surface area (Å²) in [5.41, 5.74) is -0.380. The largest absolute Gasteiger partial charge is 0.394 e. The highest BCUT2D eigenvalue weighted by molar-refractivity contribution is 6.02. The number of hydrogen-bond donors (Lipinski definition) is 3. The van der Waals surface area contributed by atoms with Crippen LogP contribution in [0.1, 0.15) is 59.3 Å². The molecule has 3 aliphatic rings. The monoisotopic (exact) mass is 485 g/mol. The van der Waals surface area contributed by atoms with Gasteiger partial charge in [-0.05, 0) is 43.7 Å². The molecule has 0 aliphatic carbocycles. The number of aliphatic hydroxyl groups is 1. The molecule has 3 N–H and O–H groups in total. The molecule has 1 aromatic rings. The summed E-state index contributed by atoms with van der Waals surface area (Å²) in [5, 5.41) is 16.2. The number of aliphatic hydroxyl groups excluding tert-OH is 1. The molecule has 3 fully saturated rings. The first-order valence-electron chi connectivity index (χ1n) is 13.1. The first kappa shape index (κ1) is 25.6. The number of rotatable bonds is 11. The number of ether oxygens (including phenoxy) is 1. The van der Waals surface area contributed by atoms with Crippen LogP contribution in [0.25, 0.3) is 0 Å². The van der Waals surface area contributed by atoms with Crippen LogP contribution in [0.15, 0.2) is 30.3 Å². The second-order valence-electron chi connectivity index (χ2n) is 10.6. The average Bonchev–Trinajstić information content (AvgIpc) is 3.48. The van der Waals surface area contributed by atoms with Gasteiger partial charge in [0.25, 0.3) is 0 Å². The maximum absolute atomic E-state index is 14.0. The number of carbonyl (C=O) groups excluding carboxylic acids is 3. The van der Waals surface area contributed by atoms with Crippen molar-refractivity contribution in [3.63, 3.8) is 0 Å². The quantitative estimate of drug-likeness (QED) is 0.418. The maximum Gasteiger partial charge on any atom is 0.245 e. The molecular formula is C27H39N3O5. The van der Waals surface area contributed by atoms with Crippen LogP contribution in [0.4, 0.5) is 5.69 Å². The maximum atomic E-state index is 14.0. The van der Waals surface area contributed by atoms with E-state index in [0.717, 1.165) is 19.3 Å². The van der Waals surface area contributed by atoms with Crippen LogP contribution in [0, 0.1) is 17.8 Å². The van der Waals surface area contributed by atoms with E-state index in [2.05, 4.69) is 17.6 Å². The van der Waals surface area contributed by atoms with Gasteiger partial charge in [-0.3, -0.25) is 14.4 Å². The lowest BCUT2D eigenvalue weighted by Gasteiger charge is -2.37. The summed E-state index contributed by atoms with van der Waals surface area (Å²) in [4.78, 5) is 42.6. The van der Waals surface area contributed by atoms with Gasteiger partial charge in [-0.1, -0.05) is 51.8 Å². The summed E-state index contributed by atoms with van der Waals surface area (Å²) < 4.78 is 6.45. The van der Waals surface area contributed by atoms with Crippen molar-refractivity contribution in [3.8, 4) is 0 Å². The van der Waals surface area contributed by atoms with E-state index in [4.69, 9.17) is 4.74 Å². The van der Waals surface area contributed by atoms with Crippen molar-refractivity contribution >= 4 is 23.4 Å². The van der Waals surface area contributed by atoms with E-state index in [1.54, 1.807) is 4.90 Å². The topological polar surface area (TPSA) is 108 Å². The fraction of sp³-hybridized carbons (Fsp3) is 0.667. The molecule has 0 radical (unpaired) electrons. The number of carbonyl (C=O) groups is 3. The Morgan fingerprint density at radius 3 is 2.60 bits per heavy atom. The molecule has 0 saturated carbocycles. The Hall–Kier alpha value is -2.45. The minimum Gasteiger partial charge on any atom is -0.394 e. The summed E-state index contributed by atoms with van der Waals surface area (Å²) in [7, 11) is 0. The minimum absolute atomic E-state index is 0.223. The Morgan fingerprint density at radius 2 is 1.94 bits per heavy atom. The number of fused-ring (bicyclic) bond motifs is 1.